The van der Waals surface area contributed by atoms with Crippen LogP contribution in [-0.4, -0.2) is 43.6 Å². The summed E-state index contributed by atoms with van der Waals surface area (Å²) in [6, 6.07) is 15.1. The van der Waals surface area contributed by atoms with Crippen LogP contribution in [0.2, 0.25) is 0 Å². The van der Waals surface area contributed by atoms with E-state index < -0.39 is 20.6 Å². The summed E-state index contributed by atoms with van der Waals surface area (Å²) in [5.41, 5.74) is 1.67. The molecule has 5 nitrogen and oxygen atoms in total. The zero-order valence-electron chi connectivity index (χ0n) is 16.0. The summed E-state index contributed by atoms with van der Waals surface area (Å²) in [5.74, 6) is -0.387. The van der Waals surface area contributed by atoms with Crippen molar-refractivity contribution in [2.75, 3.05) is 18.0 Å². The van der Waals surface area contributed by atoms with Crippen LogP contribution in [0.4, 0.5) is 5.69 Å². The fourth-order valence-corrected chi connectivity index (χ4v) is 8.98. The Balaban J connectivity index is 1.70. The molecule has 2 aromatic rings. The summed E-state index contributed by atoms with van der Waals surface area (Å²) in [6.45, 7) is 5.00. The number of sulfone groups is 1. The normalized spacial score (nSPS) is 33.6. The number of hydrogen-bond donors (Lipinski definition) is 0. The van der Waals surface area contributed by atoms with Crippen molar-refractivity contribution < 1.29 is 13.2 Å². The summed E-state index contributed by atoms with van der Waals surface area (Å²) >= 11 is 0. The molecule has 0 unspecified atom stereocenters. The third kappa shape index (κ3) is 1.81. The van der Waals surface area contributed by atoms with Gasteiger partial charge in [-0.05, 0) is 37.1 Å². The number of carbonyl (C=O) groups excluding carboxylic acids is 1. The van der Waals surface area contributed by atoms with Crippen molar-refractivity contribution in [1.82, 2.24) is 4.90 Å². The molecule has 4 heterocycles. The quantitative estimate of drug-likeness (QED) is 0.720. The molecule has 0 bridgehead atoms. The highest BCUT2D eigenvalue weighted by Gasteiger charge is 2.73. The van der Waals surface area contributed by atoms with E-state index in [0.29, 0.717) is 11.4 Å². The first kappa shape index (κ1) is 17.4. The van der Waals surface area contributed by atoms with E-state index in [2.05, 4.69) is 11.5 Å². The van der Waals surface area contributed by atoms with Crippen LogP contribution >= 0.6 is 0 Å². The molecule has 6 rings (SSSR count). The van der Waals surface area contributed by atoms with Gasteiger partial charge in [-0.1, -0.05) is 42.5 Å². The van der Waals surface area contributed by atoms with E-state index in [1.165, 1.54) is 0 Å². The Labute approximate surface area is 170 Å². The number of nitrogens with zero attached hydrogens (tertiary/aromatic N) is 2. The van der Waals surface area contributed by atoms with Crippen LogP contribution < -0.4 is 4.90 Å². The van der Waals surface area contributed by atoms with Gasteiger partial charge in [0.2, 0.25) is 0 Å². The lowest BCUT2D eigenvalue weighted by Gasteiger charge is -2.37. The number of anilines is 1. The van der Waals surface area contributed by atoms with Crippen molar-refractivity contribution in [2.24, 2.45) is 0 Å². The number of benzene rings is 2. The number of rotatable bonds is 2. The predicted octanol–water partition coefficient (Wildman–Crippen LogP) is 2.83. The van der Waals surface area contributed by atoms with Crippen LogP contribution in [0.25, 0.3) is 0 Å². The molecule has 0 saturated carbocycles. The summed E-state index contributed by atoms with van der Waals surface area (Å²) < 4.78 is 27.2. The van der Waals surface area contributed by atoms with Gasteiger partial charge in [-0.2, -0.15) is 0 Å². The van der Waals surface area contributed by atoms with Crippen LogP contribution in [-0.2, 0) is 20.2 Å². The molecule has 0 aliphatic carbocycles. The lowest BCUT2D eigenvalue weighted by molar-refractivity contribution is -0.129. The standard InChI is InChI=1S/C23H22N2O3S/c1-2-13-24-17-10-5-4-9-16(17)23(22(24)26)20-15-8-3-6-12-19(15)29(27,28)21(20)18-11-7-14-25(18)23/h2-6,8-10,12,18,20-21H,1,7,11,13-14H2/t18-,20-,21-,23-/m1/s1. The van der Waals surface area contributed by atoms with E-state index >= 15 is 0 Å². The number of para-hydroxylation sites is 1. The molecule has 148 valence electrons. The van der Waals surface area contributed by atoms with E-state index in [4.69, 9.17) is 0 Å². The molecule has 1 spiro atoms. The predicted molar refractivity (Wildman–Crippen MR) is 111 cm³/mol. The number of amides is 1. The van der Waals surface area contributed by atoms with Crippen molar-refractivity contribution in [3.8, 4) is 0 Å². The molecule has 1 amide bonds. The van der Waals surface area contributed by atoms with Crippen LogP contribution in [0.1, 0.15) is 29.9 Å². The zero-order valence-corrected chi connectivity index (χ0v) is 16.8. The minimum atomic E-state index is -3.49. The average Bonchev–Trinajstić information content (AvgIpc) is 3.41. The number of carbonyl (C=O) groups is 1. The second-order valence-electron chi connectivity index (χ2n) is 8.42. The summed E-state index contributed by atoms with van der Waals surface area (Å²) in [6.07, 6.45) is 3.46. The first-order chi connectivity index (χ1) is 14.0. The van der Waals surface area contributed by atoms with Gasteiger partial charge >= 0.3 is 0 Å². The number of hydrogen-bond acceptors (Lipinski definition) is 4. The molecule has 29 heavy (non-hydrogen) atoms. The largest absolute Gasteiger partial charge is 0.306 e. The molecule has 4 aliphatic rings. The van der Waals surface area contributed by atoms with Crippen molar-refractivity contribution >= 4 is 21.4 Å². The van der Waals surface area contributed by atoms with E-state index in [1.807, 2.05) is 36.4 Å². The smallest absolute Gasteiger partial charge is 0.253 e. The lowest BCUT2D eigenvalue weighted by Crippen LogP contribution is -2.52. The van der Waals surface area contributed by atoms with E-state index in [1.54, 1.807) is 23.1 Å². The highest BCUT2D eigenvalue weighted by molar-refractivity contribution is 7.92. The Kier molecular flexibility index (Phi) is 3.35. The summed E-state index contributed by atoms with van der Waals surface area (Å²) in [7, 11) is -3.49. The summed E-state index contributed by atoms with van der Waals surface area (Å²) in [5, 5.41) is -0.567. The third-order valence-corrected chi connectivity index (χ3v) is 9.61. The van der Waals surface area contributed by atoms with Gasteiger partial charge in [-0.3, -0.25) is 9.69 Å². The molecule has 0 radical (unpaired) electrons. The van der Waals surface area contributed by atoms with Crippen molar-refractivity contribution in [3.63, 3.8) is 0 Å². The molecule has 6 heteroatoms. The Bertz CT molecular complexity index is 1170. The van der Waals surface area contributed by atoms with E-state index in [0.717, 1.165) is 36.2 Å². The second-order valence-corrected chi connectivity index (χ2v) is 10.5. The molecule has 0 N–H and O–H groups in total. The molecule has 4 aliphatic heterocycles. The van der Waals surface area contributed by atoms with Gasteiger partial charge in [0.15, 0.2) is 9.84 Å². The fourth-order valence-electron chi connectivity index (χ4n) is 6.49. The summed E-state index contributed by atoms with van der Waals surface area (Å²) in [4.78, 5) is 18.5. The van der Waals surface area contributed by atoms with Gasteiger partial charge in [0.05, 0.1) is 10.1 Å². The molecule has 2 saturated heterocycles. The van der Waals surface area contributed by atoms with Crippen molar-refractivity contribution in [3.05, 3.63) is 72.3 Å². The van der Waals surface area contributed by atoms with E-state index in [9.17, 15) is 13.2 Å². The van der Waals surface area contributed by atoms with Gasteiger partial charge in [-0.25, -0.2) is 8.42 Å². The maximum absolute atomic E-state index is 14.1. The highest BCUT2D eigenvalue weighted by atomic mass is 32.2. The Morgan fingerprint density at radius 3 is 2.72 bits per heavy atom. The third-order valence-electron chi connectivity index (χ3n) is 7.32. The van der Waals surface area contributed by atoms with E-state index in [-0.39, 0.29) is 17.9 Å². The topological polar surface area (TPSA) is 57.7 Å². The highest BCUT2D eigenvalue weighted by Crippen LogP contribution is 2.65. The minimum Gasteiger partial charge on any atom is -0.306 e. The number of fused-ring (bicyclic) bond motifs is 9. The molecule has 4 atom stereocenters. The zero-order chi connectivity index (χ0) is 20.0. The maximum atomic E-state index is 14.1. The van der Waals surface area contributed by atoms with Gasteiger partial charge in [0.1, 0.15) is 5.54 Å². The fraction of sp³-hybridized carbons (Fsp3) is 0.348. The molecular weight excluding hydrogens is 384 g/mol. The lowest BCUT2D eigenvalue weighted by atomic mass is 9.75. The van der Waals surface area contributed by atoms with Crippen LogP contribution in [0.3, 0.4) is 0 Å². The SMILES string of the molecule is C=CCN1C(=O)[C@@]2(c3ccccc31)[C@@H]1c3ccccc3S(=O)(=O)[C@@H]1[C@H]1CCCN12. The van der Waals surface area contributed by atoms with Crippen LogP contribution in [0.5, 0.6) is 0 Å². The average molecular weight is 407 g/mol. The van der Waals surface area contributed by atoms with Crippen LogP contribution in [0, 0.1) is 0 Å². The molecule has 2 fully saturated rings. The minimum absolute atomic E-state index is 0.00935. The first-order valence-corrected chi connectivity index (χ1v) is 11.7. The van der Waals surface area contributed by atoms with Crippen LogP contribution in [0.15, 0.2) is 66.1 Å². The second kappa shape index (κ2) is 5.58. The van der Waals surface area contributed by atoms with Crippen molar-refractivity contribution in [2.45, 2.75) is 40.5 Å². The Morgan fingerprint density at radius 1 is 1.14 bits per heavy atom. The maximum Gasteiger partial charge on any atom is 0.253 e. The van der Waals surface area contributed by atoms with Gasteiger partial charge < -0.3 is 4.90 Å². The monoisotopic (exact) mass is 406 g/mol. The molecule has 2 aromatic carbocycles. The van der Waals surface area contributed by atoms with Crippen molar-refractivity contribution in [1.29, 1.82) is 0 Å². The Hall–Kier alpha value is -2.44. The van der Waals surface area contributed by atoms with Gasteiger partial charge in [-0.15, -0.1) is 6.58 Å². The first-order valence-electron chi connectivity index (χ1n) is 10.2. The Morgan fingerprint density at radius 2 is 1.90 bits per heavy atom. The van der Waals surface area contributed by atoms with Gasteiger partial charge in [0.25, 0.3) is 5.91 Å². The molecule has 0 aromatic heterocycles. The van der Waals surface area contributed by atoms with Gasteiger partial charge in [0, 0.05) is 29.8 Å². The molecular formula is C23H22N2O3S.